The lowest BCUT2D eigenvalue weighted by Crippen LogP contribution is -2.34. The van der Waals surface area contributed by atoms with Crippen molar-refractivity contribution in [3.8, 4) is 11.5 Å². The molecule has 1 atom stereocenters. The molecule has 2 amide bonds. The van der Waals surface area contributed by atoms with Gasteiger partial charge in [-0.1, -0.05) is 36.4 Å². The van der Waals surface area contributed by atoms with Crippen molar-refractivity contribution in [2.75, 3.05) is 18.6 Å². The van der Waals surface area contributed by atoms with Crippen LogP contribution >= 0.6 is 0 Å². The number of likely N-dealkylation sites (N-methyl/N-ethyl adjacent to an activating group) is 1. The maximum atomic E-state index is 13.9. The van der Waals surface area contributed by atoms with Crippen molar-refractivity contribution in [1.82, 2.24) is 5.48 Å². The van der Waals surface area contributed by atoms with Crippen LogP contribution in [-0.4, -0.2) is 25.5 Å². The topological polar surface area (TPSA) is 67.9 Å². The molecule has 0 unspecified atom stereocenters. The molecule has 0 aromatic heterocycles. The number of nitrogens with one attached hydrogen (secondary N) is 1. The predicted molar refractivity (Wildman–Crippen MR) is 114 cm³/mol. The molecule has 1 N–H and O–H groups in total. The molecule has 170 valence electrons. The Hall–Kier alpha value is -4.01. The van der Waals surface area contributed by atoms with E-state index in [9.17, 15) is 22.8 Å². The molecule has 1 aliphatic rings. The van der Waals surface area contributed by atoms with Crippen LogP contribution in [0.4, 0.5) is 18.9 Å². The van der Waals surface area contributed by atoms with E-state index in [0.717, 1.165) is 12.1 Å². The second-order valence-corrected chi connectivity index (χ2v) is 7.34. The Morgan fingerprint density at radius 3 is 2.45 bits per heavy atom. The van der Waals surface area contributed by atoms with Gasteiger partial charge >= 0.3 is 6.18 Å². The third-order valence-electron chi connectivity index (χ3n) is 5.27. The van der Waals surface area contributed by atoms with Gasteiger partial charge in [-0.15, -0.1) is 0 Å². The summed E-state index contributed by atoms with van der Waals surface area (Å²) in [4.78, 5) is 32.2. The van der Waals surface area contributed by atoms with Crippen LogP contribution in [0.15, 0.2) is 72.8 Å². The summed E-state index contributed by atoms with van der Waals surface area (Å²) in [7, 11) is 1.47. The lowest BCUT2D eigenvalue weighted by molar-refractivity contribution is -0.138. The Morgan fingerprint density at radius 1 is 1.03 bits per heavy atom. The fraction of sp³-hybridized carbons (Fsp3) is 0.167. The first-order valence-corrected chi connectivity index (χ1v) is 9.99. The summed E-state index contributed by atoms with van der Waals surface area (Å²) in [5.74, 6) is -2.50. The molecule has 6 nitrogen and oxygen atoms in total. The highest BCUT2D eigenvalue weighted by atomic mass is 19.4. The summed E-state index contributed by atoms with van der Waals surface area (Å²) in [5, 5.41) is 0. The number of hydrogen-bond acceptors (Lipinski definition) is 4. The zero-order valence-corrected chi connectivity index (χ0v) is 17.4. The maximum Gasteiger partial charge on any atom is 0.416 e. The number of nitrogens with zero attached hydrogens (tertiary/aromatic N) is 1. The highest BCUT2D eigenvalue weighted by molar-refractivity contribution is 6.00. The lowest BCUT2D eigenvalue weighted by Gasteiger charge is -2.24. The normalized spacial score (nSPS) is 15.8. The first kappa shape index (κ1) is 22.2. The molecule has 3 aromatic carbocycles. The van der Waals surface area contributed by atoms with Crippen LogP contribution in [0.3, 0.4) is 0 Å². The van der Waals surface area contributed by atoms with Crippen LogP contribution in [0.2, 0.25) is 0 Å². The number of hydroxylamine groups is 1. The van der Waals surface area contributed by atoms with Gasteiger partial charge < -0.3 is 14.5 Å². The third kappa shape index (κ3) is 4.48. The zero-order chi connectivity index (χ0) is 23.6. The molecule has 0 saturated heterocycles. The molecule has 3 aromatic rings. The fourth-order valence-electron chi connectivity index (χ4n) is 3.65. The van der Waals surface area contributed by atoms with E-state index >= 15 is 0 Å². The van der Waals surface area contributed by atoms with E-state index in [0.29, 0.717) is 11.4 Å². The first-order chi connectivity index (χ1) is 15.8. The van der Waals surface area contributed by atoms with E-state index < -0.39 is 35.0 Å². The highest BCUT2D eigenvalue weighted by Crippen LogP contribution is 2.43. The quantitative estimate of drug-likeness (QED) is 0.584. The van der Waals surface area contributed by atoms with Gasteiger partial charge in [0.15, 0.2) is 5.75 Å². The van der Waals surface area contributed by atoms with E-state index in [2.05, 4.69) is 5.48 Å². The number of anilines is 1. The van der Waals surface area contributed by atoms with Crippen molar-refractivity contribution < 1.29 is 32.3 Å². The molecular formula is C24H19F3N2O4. The number of fused-ring (bicyclic) bond motifs is 1. The average Bonchev–Trinajstić information content (AvgIpc) is 2.94. The number of halogens is 3. The molecule has 0 saturated carbocycles. The Bertz CT molecular complexity index is 1180. The monoisotopic (exact) mass is 456 g/mol. The predicted octanol–water partition coefficient (Wildman–Crippen LogP) is 4.57. The average molecular weight is 456 g/mol. The van der Waals surface area contributed by atoms with Crippen molar-refractivity contribution in [1.29, 1.82) is 0 Å². The fourth-order valence-corrected chi connectivity index (χ4v) is 3.65. The minimum atomic E-state index is -4.77. The van der Waals surface area contributed by atoms with E-state index in [-0.39, 0.29) is 17.9 Å². The minimum absolute atomic E-state index is 0.259. The number of rotatable bonds is 4. The standard InChI is InChI=1S/C24H19F3N2O4/c1-29-18-11-5-6-12-19(18)32-14-16(23(29)31)21-17(24(25,26)27)10-7-13-20(21)33-28-22(30)15-8-3-2-4-9-15/h2-13,16H,14H2,1H3,(H,28,30)/t16-/m1/s1. The summed E-state index contributed by atoms with van der Waals surface area (Å²) in [5.41, 5.74) is 1.40. The van der Waals surface area contributed by atoms with Gasteiger partial charge in [-0.25, -0.2) is 0 Å². The molecule has 4 rings (SSSR count). The van der Waals surface area contributed by atoms with Crippen LogP contribution in [0.25, 0.3) is 0 Å². The number of carbonyl (C=O) groups is 2. The largest absolute Gasteiger partial charge is 0.490 e. The molecule has 0 fully saturated rings. The van der Waals surface area contributed by atoms with Gasteiger partial charge in [-0.05, 0) is 36.4 Å². The van der Waals surface area contributed by atoms with Crippen molar-refractivity contribution in [2.24, 2.45) is 0 Å². The second kappa shape index (κ2) is 8.85. The van der Waals surface area contributed by atoms with Crippen molar-refractivity contribution in [2.45, 2.75) is 12.1 Å². The molecule has 0 bridgehead atoms. The van der Waals surface area contributed by atoms with E-state index in [4.69, 9.17) is 9.57 Å². The summed E-state index contributed by atoms with van der Waals surface area (Å²) >= 11 is 0. The van der Waals surface area contributed by atoms with Crippen LogP contribution in [0.5, 0.6) is 11.5 Å². The first-order valence-electron chi connectivity index (χ1n) is 9.99. The number of ether oxygens (including phenoxy) is 1. The molecule has 0 spiro atoms. The number of carbonyl (C=O) groups excluding carboxylic acids is 2. The van der Waals surface area contributed by atoms with Gasteiger partial charge in [0.1, 0.15) is 18.3 Å². The third-order valence-corrected chi connectivity index (χ3v) is 5.27. The molecular weight excluding hydrogens is 437 g/mol. The minimum Gasteiger partial charge on any atom is -0.490 e. The van der Waals surface area contributed by atoms with Crippen LogP contribution in [-0.2, 0) is 11.0 Å². The van der Waals surface area contributed by atoms with Gasteiger partial charge in [-0.2, -0.15) is 18.7 Å². The van der Waals surface area contributed by atoms with Gasteiger partial charge in [0.05, 0.1) is 11.3 Å². The summed E-state index contributed by atoms with van der Waals surface area (Å²) in [6, 6.07) is 18.0. The van der Waals surface area contributed by atoms with E-state index in [1.54, 1.807) is 42.5 Å². The maximum absolute atomic E-state index is 13.9. The second-order valence-electron chi connectivity index (χ2n) is 7.34. The van der Waals surface area contributed by atoms with E-state index in [1.165, 1.54) is 30.1 Å². The number of hydrogen-bond donors (Lipinski definition) is 1. The molecule has 0 radical (unpaired) electrons. The lowest BCUT2D eigenvalue weighted by atomic mass is 9.92. The van der Waals surface area contributed by atoms with Crippen molar-refractivity contribution >= 4 is 17.5 Å². The summed E-state index contributed by atoms with van der Waals surface area (Å²) in [6.45, 7) is -0.337. The molecule has 0 aliphatic carbocycles. The Morgan fingerprint density at radius 2 is 1.73 bits per heavy atom. The summed E-state index contributed by atoms with van der Waals surface area (Å²) < 4.78 is 47.5. The molecule has 33 heavy (non-hydrogen) atoms. The van der Waals surface area contributed by atoms with Crippen LogP contribution in [0.1, 0.15) is 27.4 Å². The van der Waals surface area contributed by atoms with Crippen molar-refractivity contribution in [3.05, 3.63) is 89.5 Å². The molecule has 1 heterocycles. The Balaban J connectivity index is 1.72. The van der Waals surface area contributed by atoms with Crippen molar-refractivity contribution in [3.63, 3.8) is 0 Å². The Kier molecular flexibility index (Phi) is 5.95. The van der Waals surface area contributed by atoms with Crippen LogP contribution in [0, 0.1) is 0 Å². The Labute approximate surface area is 187 Å². The smallest absolute Gasteiger partial charge is 0.416 e. The summed E-state index contributed by atoms with van der Waals surface area (Å²) in [6.07, 6.45) is -4.77. The van der Waals surface area contributed by atoms with Gasteiger partial charge in [0, 0.05) is 18.2 Å². The number of para-hydroxylation sites is 2. The van der Waals surface area contributed by atoms with Gasteiger partial charge in [-0.3, -0.25) is 9.59 Å². The number of benzene rings is 3. The molecule has 1 aliphatic heterocycles. The SMILES string of the molecule is CN1C(=O)[C@@H](c2c(ONC(=O)c3ccccc3)cccc2C(F)(F)F)COc2ccccc21. The van der Waals surface area contributed by atoms with Gasteiger partial charge in [0.25, 0.3) is 5.91 Å². The zero-order valence-electron chi connectivity index (χ0n) is 17.4. The number of amides is 2. The van der Waals surface area contributed by atoms with E-state index in [1.807, 2.05) is 0 Å². The van der Waals surface area contributed by atoms with Gasteiger partial charge in [0.2, 0.25) is 5.91 Å². The number of alkyl halides is 3. The highest BCUT2D eigenvalue weighted by Gasteiger charge is 2.41. The van der Waals surface area contributed by atoms with Crippen LogP contribution < -0.4 is 20.0 Å². The molecule has 9 heteroatoms.